The second kappa shape index (κ2) is 4.12. The molecule has 0 aliphatic heterocycles. The molecule has 0 heterocycles. The van der Waals surface area contributed by atoms with Crippen molar-refractivity contribution in [2.75, 3.05) is 6.61 Å². The molecule has 0 radical (unpaired) electrons. The molecule has 0 fully saturated rings. The molecule has 1 aromatic carbocycles. The molecular formula is C11H15ClO. The minimum Gasteiger partial charge on any atom is -0.395 e. The Morgan fingerprint density at radius 1 is 1.31 bits per heavy atom. The van der Waals surface area contributed by atoms with E-state index in [4.69, 9.17) is 11.6 Å². The molecule has 1 rings (SSSR count). The van der Waals surface area contributed by atoms with E-state index in [9.17, 15) is 5.11 Å². The minimum atomic E-state index is -0.134. The van der Waals surface area contributed by atoms with Crippen LogP contribution in [0.3, 0.4) is 0 Å². The van der Waals surface area contributed by atoms with Crippen molar-refractivity contribution in [3.8, 4) is 0 Å². The molecule has 0 spiro atoms. The van der Waals surface area contributed by atoms with E-state index >= 15 is 0 Å². The van der Waals surface area contributed by atoms with E-state index in [1.165, 1.54) is 0 Å². The highest BCUT2D eigenvalue weighted by atomic mass is 35.5. The Morgan fingerprint density at radius 3 is 2.23 bits per heavy atom. The third-order valence-corrected chi connectivity index (χ3v) is 2.92. The zero-order chi connectivity index (χ0) is 9.90. The fraction of sp³-hybridized carbons (Fsp3) is 0.455. The maximum Gasteiger partial charge on any atom is 0.0525 e. The van der Waals surface area contributed by atoms with E-state index in [0.29, 0.717) is 0 Å². The minimum absolute atomic E-state index is 0.134. The van der Waals surface area contributed by atoms with E-state index in [1.807, 2.05) is 24.3 Å². The predicted octanol–water partition coefficient (Wildman–Crippen LogP) is 3.00. The smallest absolute Gasteiger partial charge is 0.0525 e. The van der Waals surface area contributed by atoms with Crippen LogP contribution in [0.2, 0.25) is 5.02 Å². The van der Waals surface area contributed by atoms with Crippen LogP contribution in [0.4, 0.5) is 0 Å². The predicted molar refractivity (Wildman–Crippen MR) is 56.2 cm³/mol. The molecule has 0 bridgehead atoms. The van der Waals surface area contributed by atoms with Crippen LogP contribution in [-0.4, -0.2) is 11.7 Å². The maximum atomic E-state index is 9.28. The normalized spacial score (nSPS) is 15.4. The molecule has 0 amide bonds. The van der Waals surface area contributed by atoms with Gasteiger partial charge in [-0.1, -0.05) is 37.6 Å². The molecule has 1 atom stereocenters. The van der Waals surface area contributed by atoms with Gasteiger partial charge in [-0.05, 0) is 24.1 Å². The zero-order valence-corrected chi connectivity index (χ0v) is 8.80. The summed E-state index contributed by atoms with van der Waals surface area (Å²) in [7, 11) is 0. The van der Waals surface area contributed by atoms with E-state index < -0.39 is 0 Å². The largest absolute Gasteiger partial charge is 0.395 e. The topological polar surface area (TPSA) is 20.2 Å². The van der Waals surface area contributed by atoms with Crippen molar-refractivity contribution in [3.63, 3.8) is 0 Å². The summed E-state index contributed by atoms with van der Waals surface area (Å²) in [6.45, 7) is 4.30. The maximum absolute atomic E-state index is 9.28. The van der Waals surface area contributed by atoms with Gasteiger partial charge in [-0.3, -0.25) is 0 Å². The molecule has 0 saturated heterocycles. The zero-order valence-electron chi connectivity index (χ0n) is 8.05. The van der Waals surface area contributed by atoms with Crippen molar-refractivity contribution in [1.82, 2.24) is 0 Å². The van der Waals surface area contributed by atoms with Crippen molar-refractivity contribution in [2.45, 2.75) is 25.7 Å². The van der Waals surface area contributed by atoms with Gasteiger partial charge in [0, 0.05) is 10.4 Å². The summed E-state index contributed by atoms with van der Waals surface area (Å²) >= 11 is 5.79. The van der Waals surface area contributed by atoms with E-state index in [1.54, 1.807) is 0 Å². The van der Waals surface area contributed by atoms with Crippen molar-refractivity contribution in [1.29, 1.82) is 0 Å². The average Bonchev–Trinajstić information content (AvgIpc) is 2.18. The van der Waals surface area contributed by atoms with Crippen molar-refractivity contribution in [2.24, 2.45) is 0 Å². The van der Waals surface area contributed by atoms with E-state index in [-0.39, 0.29) is 12.0 Å². The Balaban J connectivity index is 2.99. The van der Waals surface area contributed by atoms with Crippen LogP contribution < -0.4 is 0 Å². The lowest BCUT2D eigenvalue weighted by Gasteiger charge is -2.26. The first-order chi connectivity index (χ1) is 6.12. The molecule has 2 heteroatoms. The molecule has 1 aromatic rings. The first-order valence-corrected chi connectivity index (χ1v) is 4.87. The van der Waals surface area contributed by atoms with E-state index in [2.05, 4.69) is 13.8 Å². The van der Waals surface area contributed by atoms with Gasteiger partial charge in [-0.15, -0.1) is 0 Å². The first kappa shape index (κ1) is 10.6. The van der Waals surface area contributed by atoms with Crippen LogP contribution in [0.1, 0.15) is 25.8 Å². The Bertz CT molecular complexity index is 262. The van der Waals surface area contributed by atoms with Crippen LogP contribution in [0.15, 0.2) is 24.3 Å². The van der Waals surface area contributed by atoms with Crippen molar-refractivity contribution < 1.29 is 5.11 Å². The first-order valence-electron chi connectivity index (χ1n) is 4.49. The van der Waals surface area contributed by atoms with Gasteiger partial charge in [0.05, 0.1) is 6.61 Å². The fourth-order valence-electron chi connectivity index (χ4n) is 1.26. The third-order valence-electron chi connectivity index (χ3n) is 2.67. The second-order valence-corrected chi connectivity index (χ2v) is 4.02. The summed E-state index contributed by atoms with van der Waals surface area (Å²) in [5.74, 6) is 0. The van der Waals surface area contributed by atoms with Crippen LogP contribution in [0.25, 0.3) is 0 Å². The van der Waals surface area contributed by atoms with Crippen molar-refractivity contribution >= 4 is 11.6 Å². The Morgan fingerprint density at radius 2 is 1.85 bits per heavy atom. The number of aliphatic hydroxyl groups excluding tert-OH is 1. The number of benzene rings is 1. The lowest BCUT2D eigenvalue weighted by molar-refractivity contribution is 0.201. The molecular weight excluding hydrogens is 184 g/mol. The quantitative estimate of drug-likeness (QED) is 0.792. The highest BCUT2D eigenvalue weighted by Crippen LogP contribution is 2.27. The lowest BCUT2D eigenvalue weighted by atomic mass is 9.81. The standard InChI is InChI=1S/C11H15ClO/c1-3-11(2,8-13)9-4-6-10(12)7-5-9/h4-7,13H,3,8H2,1-2H3/t11-/m0/s1. The highest BCUT2D eigenvalue weighted by molar-refractivity contribution is 6.30. The van der Waals surface area contributed by atoms with Gasteiger partial charge in [0.25, 0.3) is 0 Å². The summed E-state index contributed by atoms with van der Waals surface area (Å²) in [6, 6.07) is 7.67. The number of rotatable bonds is 3. The molecule has 0 unspecified atom stereocenters. The number of aliphatic hydroxyl groups is 1. The molecule has 72 valence electrons. The number of hydrogen-bond donors (Lipinski definition) is 1. The second-order valence-electron chi connectivity index (χ2n) is 3.58. The summed E-state index contributed by atoms with van der Waals surface area (Å²) in [4.78, 5) is 0. The van der Waals surface area contributed by atoms with Gasteiger partial charge in [0.15, 0.2) is 0 Å². The summed E-state index contributed by atoms with van der Waals surface area (Å²) < 4.78 is 0. The molecule has 1 N–H and O–H groups in total. The molecule has 13 heavy (non-hydrogen) atoms. The van der Waals surface area contributed by atoms with Gasteiger partial charge in [0.1, 0.15) is 0 Å². The van der Waals surface area contributed by atoms with Gasteiger partial charge in [-0.2, -0.15) is 0 Å². The Hall–Kier alpha value is -0.530. The SMILES string of the molecule is CC[C@@](C)(CO)c1ccc(Cl)cc1. The number of halogens is 1. The lowest BCUT2D eigenvalue weighted by Crippen LogP contribution is -2.25. The average molecular weight is 199 g/mol. The molecule has 0 aliphatic rings. The van der Waals surface area contributed by atoms with Crippen LogP contribution in [-0.2, 0) is 5.41 Å². The van der Waals surface area contributed by atoms with Gasteiger partial charge >= 0.3 is 0 Å². The summed E-state index contributed by atoms with van der Waals surface area (Å²) in [5, 5.41) is 10.0. The fourth-order valence-corrected chi connectivity index (χ4v) is 1.39. The van der Waals surface area contributed by atoms with Gasteiger partial charge < -0.3 is 5.11 Å². The van der Waals surface area contributed by atoms with Crippen LogP contribution >= 0.6 is 11.6 Å². The van der Waals surface area contributed by atoms with Gasteiger partial charge in [0.2, 0.25) is 0 Å². The Kier molecular flexibility index (Phi) is 3.34. The monoisotopic (exact) mass is 198 g/mol. The van der Waals surface area contributed by atoms with E-state index in [0.717, 1.165) is 17.0 Å². The highest BCUT2D eigenvalue weighted by Gasteiger charge is 2.22. The van der Waals surface area contributed by atoms with Gasteiger partial charge in [-0.25, -0.2) is 0 Å². The van der Waals surface area contributed by atoms with Crippen molar-refractivity contribution in [3.05, 3.63) is 34.9 Å². The molecule has 1 nitrogen and oxygen atoms in total. The molecule has 0 saturated carbocycles. The van der Waals surface area contributed by atoms with Crippen LogP contribution in [0, 0.1) is 0 Å². The Labute approximate surface area is 84.4 Å². The molecule has 0 aromatic heterocycles. The summed E-state index contributed by atoms with van der Waals surface area (Å²) in [6.07, 6.45) is 0.922. The third kappa shape index (κ3) is 2.23. The molecule has 0 aliphatic carbocycles. The number of hydrogen-bond acceptors (Lipinski definition) is 1. The summed E-state index contributed by atoms with van der Waals surface area (Å²) in [5.41, 5.74) is 1.01. The van der Waals surface area contributed by atoms with Crippen LogP contribution in [0.5, 0.6) is 0 Å².